The van der Waals surface area contributed by atoms with Crippen LogP contribution in [0.25, 0.3) is 11.1 Å². The van der Waals surface area contributed by atoms with Crippen LogP contribution in [-0.4, -0.2) is 12.9 Å². The molecule has 1 atom stereocenters. The van der Waals surface area contributed by atoms with Crippen molar-refractivity contribution in [2.75, 3.05) is 6.61 Å². The van der Waals surface area contributed by atoms with Crippen LogP contribution in [-0.2, 0) is 11.2 Å². The summed E-state index contributed by atoms with van der Waals surface area (Å²) < 4.78 is 32.7. The SMILES string of the molecule is CCc1ccc(-c2ccc(C(C=O)CCOc3cc(F)c(C#N)c(F)c3)cc2)cc1. The number of halogens is 2. The molecule has 0 aromatic heterocycles. The maximum absolute atomic E-state index is 13.6. The van der Waals surface area contributed by atoms with E-state index in [1.54, 1.807) is 0 Å². The average molecular weight is 405 g/mol. The van der Waals surface area contributed by atoms with Crippen molar-refractivity contribution in [2.45, 2.75) is 25.7 Å². The van der Waals surface area contributed by atoms with Crippen LogP contribution in [0.2, 0.25) is 0 Å². The van der Waals surface area contributed by atoms with Crippen LogP contribution in [0.3, 0.4) is 0 Å². The van der Waals surface area contributed by atoms with Gasteiger partial charge in [-0.15, -0.1) is 0 Å². The first-order valence-electron chi connectivity index (χ1n) is 9.72. The monoisotopic (exact) mass is 405 g/mol. The summed E-state index contributed by atoms with van der Waals surface area (Å²) in [6, 6.07) is 19.5. The van der Waals surface area contributed by atoms with Gasteiger partial charge in [0.05, 0.1) is 6.61 Å². The van der Waals surface area contributed by atoms with Crippen molar-refractivity contribution in [1.29, 1.82) is 5.26 Å². The number of aldehydes is 1. The molecule has 0 aliphatic carbocycles. The molecule has 3 nitrogen and oxygen atoms in total. The smallest absolute Gasteiger partial charge is 0.147 e. The van der Waals surface area contributed by atoms with Gasteiger partial charge in [-0.1, -0.05) is 55.5 Å². The predicted molar refractivity (Wildman–Crippen MR) is 111 cm³/mol. The number of rotatable bonds is 8. The third-order valence-electron chi connectivity index (χ3n) is 5.02. The molecule has 3 aromatic carbocycles. The second-order valence-electron chi connectivity index (χ2n) is 6.93. The highest BCUT2D eigenvalue weighted by molar-refractivity contribution is 5.67. The quantitative estimate of drug-likeness (QED) is 0.444. The summed E-state index contributed by atoms with van der Waals surface area (Å²) in [4.78, 5) is 11.6. The van der Waals surface area contributed by atoms with Crippen molar-refractivity contribution >= 4 is 6.29 Å². The number of nitrogens with zero attached hydrogens (tertiary/aromatic N) is 1. The summed E-state index contributed by atoms with van der Waals surface area (Å²) in [5, 5.41) is 8.70. The van der Waals surface area contributed by atoms with E-state index in [1.807, 2.05) is 24.3 Å². The first-order chi connectivity index (χ1) is 14.5. The number of benzene rings is 3. The lowest BCUT2D eigenvalue weighted by atomic mass is 9.95. The lowest BCUT2D eigenvalue weighted by Gasteiger charge is -2.13. The summed E-state index contributed by atoms with van der Waals surface area (Å²) in [6.07, 6.45) is 2.19. The van der Waals surface area contributed by atoms with E-state index in [2.05, 4.69) is 31.2 Å². The zero-order valence-electron chi connectivity index (χ0n) is 16.6. The van der Waals surface area contributed by atoms with Gasteiger partial charge in [-0.25, -0.2) is 8.78 Å². The van der Waals surface area contributed by atoms with Crippen molar-refractivity contribution in [3.8, 4) is 22.9 Å². The number of nitriles is 1. The van der Waals surface area contributed by atoms with Crippen LogP contribution in [0, 0.1) is 23.0 Å². The highest BCUT2D eigenvalue weighted by Crippen LogP contribution is 2.25. The molecule has 0 heterocycles. The van der Waals surface area contributed by atoms with E-state index in [4.69, 9.17) is 10.00 Å². The Bertz CT molecular complexity index is 1030. The maximum Gasteiger partial charge on any atom is 0.147 e. The molecule has 0 N–H and O–H groups in total. The Morgan fingerprint density at radius 3 is 2.07 bits per heavy atom. The van der Waals surface area contributed by atoms with E-state index < -0.39 is 23.1 Å². The molecular formula is C25H21F2NO2. The molecule has 5 heteroatoms. The van der Waals surface area contributed by atoms with E-state index in [-0.39, 0.29) is 12.4 Å². The van der Waals surface area contributed by atoms with Crippen molar-refractivity contribution < 1.29 is 18.3 Å². The van der Waals surface area contributed by atoms with Gasteiger partial charge in [0, 0.05) is 18.1 Å². The fraction of sp³-hybridized carbons (Fsp3) is 0.200. The third-order valence-corrected chi connectivity index (χ3v) is 5.02. The van der Waals surface area contributed by atoms with Gasteiger partial charge in [0.15, 0.2) is 0 Å². The van der Waals surface area contributed by atoms with Crippen LogP contribution in [0.4, 0.5) is 8.78 Å². The third kappa shape index (κ3) is 4.90. The Balaban J connectivity index is 1.63. The minimum atomic E-state index is -0.970. The van der Waals surface area contributed by atoms with Crippen molar-refractivity contribution in [3.63, 3.8) is 0 Å². The molecule has 0 spiro atoms. The predicted octanol–water partition coefficient (Wildman–Crippen LogP) is 5.82. The van der Waals surface area contributed by atoms with Crippen LogP contribution >= 0.6 is 0 Å². The second kappa shape index (κ2) is 9.80. The highest BCUT2D eigenvalue weighted by atomic mass is 19.1. The molecule has 3 aromatic rings. The van der Waals surface area contributed by atoms with E-state index in [1.165, 1.54) is 11.6 Å². The Kier molecular flexibility index (Phi) is 6.92. The number of ether oxygens (including phenoxy) is 1. The lowest BCUT2D eigenvalue weighted by molar-refractivity contribution is -0.109. The molecule has 0 bridgehead atoms. The fourth-order valence-corrected chi connectivity index (χ4v) is 3.21. The molecule has 0 aliphatic rings. The number of carbonyl (C=O) groups excluding carboxylic acids is 1. The maximum atomic E-state index is 13.6. The highest BCUT2D eigenvalue weighted by Gasteiger charge is 2.14. The van der Waals surface area contributed by atoms with Gasteiger partial charge in [0.1, 0.15) is 35.3 Å². The summed E-state index contributed by atoms with van der Waals surface area (Å²) in [5.41, 5.74) is 3.65. The van der Waals surface area contributed by atoms with E-state index >= 15 is 0 Å². The first-order valence-corrected chi connectivity index (χ1v) is 9.72. The number of carbonyl (C=O) groups is 1. The minimum Gasteiger partial charge on any atom is -0.493 e. The minimum absolute atomic E-state index is 0.0143. The molecule has 0 saturated carbocycles. The number of hydrogen-bond donors (Lipinski definition) is 0. The lowest BCUT2D eigenvalue weighted by Crippen LogP contribution is -2.08. The van der Waals surface area contributed by atoms with Gasteiger partial charge in [0.2, 0.25) is 0 Å². The Morgan fingerprint density at radius 2 is 1.57 bits per heavy atom. The van der Waals surface area contributed by atoms with Crippen LogP contribution < -0.4 is 4.74 Å². The summed E-state index contributed by atoms with van der Waals surface area (Å²) in [6.45, 7) is 2.22. The molecule has 0 fully saturated rings. The van der Waals surface area contributed by atoms with E-state index in [0.717, 1.165) is 41.5 Å². The largest absolute Gasteiger partial charge is 0.493 e. The summed E-state index contributed by atoms with van der Waals surface area (Å²) in [7, 11) is 0. The summed E-state index contributed by atoms with van der Waals surface area (Å²) in [5.74, 6) is -2.35. The Hall–Kier alpha value is -3.52. The van der Waals surface area contributed by atoms with Crippen molar-refractivity contribution in [2.24, 2.45) is 0 Å². The molecule has 0 saturated heterocycles. The molecule has 0 aliphatic heterocycles. The van der Waals surface area contributed by atoms with Gasteiger partial charge in [-0.2, -0.15) is 5.26 Å². The van der Waals surface area contributed by atoms with Crippen molar-refractivity contribution in [3.05, 3.63) is 89.0 Å². The molecule has 0 amide bonds. The molecular weight excluding hydrogens is 384 g/mol. The zero-order valence-corrected chi connectivity index (χ0v) is 16.6. The van der Waals surface area contributed by atoms with Crippen LogP contribution in [0.5, 0.6) is 5.75 Å². The normalized spacial score (nSPS) is 11.5. The number of hydrogen-bond acceptors (Lipinski definition) is 3. The standard InChI is InChI=1S/C25H21F2NO2/c1-2-17-3-5-18(6-4-17)19-7-9-20(10-8-19)21(16-29)11-12-30-22-13-24(26)23(15-28)25(27)14-22/h3-10,13-14,16,21H,2,11-12H2,1H3. The molecule has 1 unspecified atom stereocenters. The molecule has 30 heavy (non-hydrogen) atoms. The second-order valence-corrected chi connectivity index (χ2v) is 6.93. The zero-order chi connectivity index (χ0) is 21.5. The Morgan fingerprint density at radius 1 is 1.00 bits per heavy atom. The average Bonchev–Trinajstić information content (AvgIpc) is 2.77. The van der Waals surface area contributed by atoms with Crippen LogP contribution in [0.15, 0.2) is 60.7 Å². The van der Waals surface area contributed by atoms with Gasteiger partial charge in [-0.3, -0.25) is 0 Å². The molecule has 0 radical (unpaired) electrons. The van der Waals surface area contributed by atoms with Crippen molar-refractivity contribution in [1.82, 2.24) is 0 Å². The van der Waals surface area contributed by atoms with Gasteiger partial charge >= 0.3 is 0 Å². The first kappa shape index (κ1) is 21.2. The topological polar surface area (TPSA) is 50.1 Å². The Labute approximate surface area is 174 Å². The van der Waals surface area contributed by atoms with E-state index in [9.17, 15) is 13.6 Å². The van der Waals surface area contributed by atoms with Gasteiger partial charge in [-0.05, 0) is 35.1 Å². The number of aryl methyl sites for hydroxylation is 1. The van der Waals surface area contributed by atoms with Crippen LogP contribution in [0.1, 0.15) is 36.0 Å². The molecule has 3 rings (SSSR count). The molecule has 152 valence electrons. The fourth-order valence-electron chi connectivity index (χ4n) is 3.21. The summed E-state index contributed by atoms with van der Waals surface area (Å²) >= 11 is 0. The van der Waals surface area contributed by atoms with Gasteiger partial charge < -0.3 is 9.53 Å². The van der Waals surface area contributed by atoms with E-state index in [0.29, 0.717) is 6.42 Å². The van der Waals surface area contributed by atoms with Gasteiger partial charge in [0.25, 0.3) is 0 Å².